The van der Waals surface area contributed by atoms with Crippen LogP contribution >= 0.6 is 18.2 Å². The van der Waals surface area contributed by atoms with Gasteiger partial charge in [-0.05, 0) is 17.6 Å². The lowest BCUT2D eigenvalue weighted by atomic mass is 10.1. The molecule has 2 saturated heterocycles. The zero-order valence-corrected chi connectivity index (χ0v) is 22.2. The molecule has 5 rings (SSSR count). The third-order valence-corrected chi connectivity index (χ3v) is 9.73. The maximum absolute atomic E-state index is 15.4. The Hall–Kier alpha value is -2.77. The molecule has 5 N–H and O–H groups in total. The first-order chi connectivity index (χ1) is 19.1. The van der Waals surface area contributed by atoms with Crippen molar-refractivity contribution < 1.29 is 42.1 Å². The SMILES string of the molecule is CSP(=O)(OC[C@H]1O[C@@H](n2cnc3c(N)ncnc32)C(F)C1O)OC1C(F)[C@H](n2ccc(=O)[nH]c2=O)O[C@@H]1CO. The summed E-state index contributed by atoms with van der Waals surface area (Å²) >= 11 is 0.577. The largest absolute Gasteiger partial charge is 0.394 e. The predicted molar refractivity (Wildman–Crippen MR) is 134 cm³/mol. The topological polar surface area (TPSA) is 219 Å². The molecule has 9 atom stereocenters. The van der Waals surface area contributed by atoms with E-state index in [4.69, 9.17) is 24.3 Å². The minimum Gasteiger partial charge on any atom is -0.394 e. The van der Waals surface area contributed by atoms with E-state index in [1.807, 2.05) is 4.98 Å². The number of imidazole rings is 1. The number of halogens is 2. The molecule has 2 aliphatic rings. The van der Waals surface area contributed by atoms with E-state index in [-0.39, 0.29) is 17.0 Å². The fourth-order valence-electron chi connectivity index (χ4n) is 4.38. The maximum atomic E-state index is 15.4. The number of hydrogen-bond acceptors (Lipinski definition) is 14. The number of aromatic amines is 1. The first kappa shape index (κ1) is 28.7. The summed E-state index contributed by atoms with van der Waals surface area (Å²) < 4.78 is 67.7. The molecule has 40 heavy (non-hydrogen) atoms. The van der Waals surface area contributed by atoms with Crippen molar-refractivity contribution in [2.24, 2.45) is 0 Å². The van der Waals surface area contributed by atoms with E-state index < -0.39 is 80.5 Å². The van der Waals surface area contributed by atoms with Gasteiger partial charge in [0.1, 0.15) is 36.3 Å². The fraction of sp³-hybridized carbons (Fsp3) is 0.550. The van der Waals surface area contributed by atoms with Crippen LogP contribution in [0.5, 0.6) is 0 Å². The molecule has 20 heteroatoms. The Morgan fingerprint density at radius 2 is 1.90 bits per heavy atom. The zero-order valence-electron chi connectivity index (χ0n) is 20.5. The van der Waals surface area contributed by atoms with Gasteiger partial charge in [-0.2, -0.15) is 0 Å². The van der Waals surface area contributed by atoms with Crippen molar-refractivity contribution >= 4 is 35.2 Å². The highest BCUT2D eigenvalue weighted by atomic mass is 32.7. The number of aromatic nitrogens is 6. The van der Waals surface area contributed by atoms with E-state index in [0.29, 0.717) is 11.4 Å². The monoisotopic (exact) mass is 607 g/mol. The van der Waals surface area contributed by atoms with Crippen LogP contribution in [-0.2, 0) is 23.1 Å². The van der Waals surface area contributed by atoms with Gasteiger partial charge in [-0.3, -0.25) is 28.0 Å². The lowest BCUT2D eigenvalue weighted by molar-refractivity contribution is -0.0518. The van der Waals surface area contributed by atoms with Crippen molar-refractivity contribution in [1.82, 2.24) is 29.1 Å². The number of aliphatic hydroxyl groups is 2. The standard InChI is InChI=1S/C20H24F2N7O9PS/c1-40-39(34,38-15-8(4-30)36-19(12(15)22)28-3-2-10(31)27-20(28)33)35-5-9-14(32)11(21)18(37-9)29-7-26-13-16(23)24-6-25-17(13)29/h2-3,6-9,11-12,14-15,18-19,30,32H,4-5H2,1H3,(H2,23,24,25)(H,27,31,33)/t8-,9-,11?,12?,14?,15?,18-,19-,39?/m1/s1. The highest BCUT2D eigenvalue weighted by Crippen LogP contribution is 2.62. The van der Waals surface area contributed by atoms with E-state index >= 15 is 8.78 Å². The van der Waals surface area contributed by atoms with Gasteiger partial charge in [0, 0.05) is 12.3 Å². The number of fused-ring (bicyclic) bond motifs is 1. The molecule has 0 saturated carbocycles. The number of H-pyrrole nitrogens is 1. The second kappa shape index (κ2) is 11.2. The van der Waals surface area contributed by atoms with Crippen LogP contribution < -0.4 is 17.0 Å². The molecule has 218 valence electrons. The number of nitrogens with zero attached hydrogens (tertiary/aromatic N) is 5. The number of ether oxygens (including phenoxy) is 2. The van der Waals surface area contributed by atoms with E-state index in [9.17, 15) is 24.4 Å². The number of rotatable bonds is 9. The number of nitrogen functional groups attached to an aromatic ring is 1. The van der Waals surface area contributed by atoms with Gasteiger partial charge in [-0.15, -0.1) is 0 Å². The third-order valence-electron chi connectivity index (χ3n) is 6.40. The summed E-state index contributed by atoms with van der Waals surface area (Å²) in [6.07, 6.45) is -8.43. The Bertz CT molecular complexity index is 1540. The molecule has 0 bridgehead atoms. The number of anilines is 1. The van der Waals surface area contributed by atoms with Gasteiger partial charge in [0.2, 0.25) is 0 Å². The van der Waals surface area contributed by atoms with Crippen molar-refractivity contribution in [2.75, 3.05) is 25.2 Å². The molecular formula is C20H24F2N7O9PS. The highest BCUT2D eigenvalue weighted by Gasteiger charge is 2.51. The van der Waals surface area contributed by atoms with Crippen molar-refractivity contribution in [1.29, 1.82) is 0 Å². The molecule has 2 aliphatic heterocycles. The summed E-state index contributed by atoms with van der Waals surface area (Å²) in [5.41, 5.74) is 4.44. The van der Waals surface area contributed by atoms with Crippen LogP contribution in [0.15, 0.2) is 34.5 Å². The van der Waals surface area contributed by atoms with Crippen LogP contribution in [0.1, 0.15) is 12.5 Å². The van der Waals surface area contributed by atoms with Crippen LogP contribution in [0, 0.1) is 0 Å². The molecular weight excluding hydrogens is 583 g/mol. The minimum atomic E-state index is -4.23. The number of hydrogen-bond donors (Lipinski definition) is 4. The Morgan fingerprint density at radius 1 is 1.18 bits per heavy atom. The van der Waals surface area contributed by atoms with E-state index in [2.05, 4.69) is 15.0 Å². The Morgan fingerprint density at radius 3 is 2.60 bits per heavy atom. The third kappa shape index (κ3) is 5.18. The summed E-state index contributed by atoms with van der Waals surface area (Å²) in [5.74, 6) is 0.0616. The van der Waals surface area contributed by atoms with Crippen molar-refractivity contribution in [3.8, 4) is 0 Å². The summed E-state index contributed by atoms with van der Waals surface area (Å²) in [4.78, 5) is 37.3. The smallest absolute Gasteiger partial charge is 0.389 e. The number of aliphatic hydroxyl groups excluding tert-OH is 2. The lowest BCUT2D eigenvalue weighted by Gasteiger charge is -2.25. The highest BCUT2D eigenvalue weighted by molar-refractivity contribution is 8.54. The van der Waals surface area contributed by atoms with Gasteiger partial charge >= 0.3 is 12.5 Å². The van der Waals surface area contributed by atoms with Crippen LogP contribution in [0.4, 0.5) is 14.6 Å². The molecule has 2 fully saturated rings. The Labute approximate surface area is 226 Å². The normalized spacial score (nSPS) is 32.0. The predicted octanol–water partition coefficient (Wildman–Crippen LogP) is -0.344. The summed E-state index contributed by atoms with van der Waals surface area (Å²) in [7, 11) is 0. The van der Waals surface area contributed by atoms with Gasteiger partial charge < -0.3 is 25.4 Å². The van der Waals surface area contributed by atoms with Crippen LogP contribution in [-0.4, -0.2) is 95.5 Å². The maximum Gasteiger partial charge on any atom is 0.389 e. The molecule has 16 nitrogen and oxygen atoms in total. The second-order valence-electron chi connectivity index (χ2n) is 8.79. The summed E-state index contributed by atoms with van der Waals surface area (Å²) in [5, 5.41) is 20.2. The van der Waals surface area contributed by atoms with Gasteiger partial charge in [0.05, 0.1) is 19.5 Å². The van der Waals surface area contributed by atoms with Crippen LogP contribution in [0.25, 0.3) is 11.2 Å². The van der Waals surface area contributed by atoms with Gasteiger partial charge in [-0.25, -0.2) is 33.1 Å². The first-order valence-corrected chi connectivity index (χ1v) is 15.0. The zero-order chi connectivity index (χ0) is 28.8. The fourth-order valence-corrected chi connectivity index (χ4v) is 6.57. The van der Waals surface area contributed by atoms with Crippen molar-refractivity contribution in [3.05, 3.63) is 45.8 Å². The van der Waals surface area contributed by atoms with E-state index in [1.165, 1.54) is 17.2 Å². The quantitative estimate of drug-likeness (QED) is 0.229. The van der Waals surface area contributed by atoms with Gasteiger partial charge in [0.25, 0.3) is 5.56 Å². The Balaban J connectivity index is 1.29. The molecule has 5 heterocycles. The van der Waals surface area contributed by atoms with Crippen LogP contribution in [0.3, 0.4) is 0 Å². The molecule has 0 aromatic carbocycles. The minimum absolute atomic E-state index is 0.0616. The number of nitrogens with two attached hydrogens (primary N) is 1. The summed E-state index contributed by atoms with van der Waals surface area (Å²) in [6, 6.07) is 0.975. The average molecular weight is 607 g/mol. The molecule has 3 aromatic rings. The van der Waals surface area contributed by atoms with Gasteiger partial charge in [-0.1, -0.05) is 0 Å². The van der Waals surface area contributed by atoms with Crippen molar-refractivity contribution in [3.63, 3.8) is 0 Å². The van der Waals surface area contributed by atoms with Crippen LogP contribution in [0.2, 0.25) is 0 Å². The Kier molecular flexibility index (Phi) is 8.08. The van der Waals surface area contributed by atoms with E-state index in [0.717, 1.165) is 23.2 Å². The molecule has 0 radical (unpaired) electrons. The number of nitrogens with one attached hydrogen (secondary N) is 1. The summed E-state index contributed by atoms with van der Waals surface area (Å²) in [6.45, 7) is -5.62. The number of alkyl halides is 2. The molecule has 0 aliphatic carbocycles. The lowest BCUT2D eigenvalue weighted by Crippen LogP contribution is -2.36. The second-order valence-corrected chi connectivity index (χ2v) is 13.0. The molecule has 0 spiro atoms. The van der Waals surface area contributed by atoms with Crippen molar-refractivity contribution in [2.45, 2.75) is 49.2 Å². The molecule has 5 unspecified atom stereocenters. The molecule has 3 aromatic heterocycles. The first-order valence-electron chi connectivity index (χ1n) is 11.7. The van der Waals surface area contributed by atoms with Gasteiger partial charge in [0.15, 0.2) is 36.3 Å². The van der Waals surface area contributed by atoms with E-state index in [1.54, 1.807) is 0 Å². The average Bonchev–Trinajstić information content (AvgIpc) is 3.58. The molecule has 0 amide bonds.